The van der Waals surface area contributed by atoms with Crippen molar-refractivity contribution in [2.75, 3.05) is 13.2 Å². The number of phenolic OH excluding ortho intramolecular Hbond substituents is 3. The van der Waals surface area contributed by atoms with Gasteiger partial charge >= 0.3 is 11.9 Å². The Morgan fingerprint density at radius 3 is 1.61 bits per heavy atom. The SMILES string of the molecule is O=C(OCCc1ccccc1)C(Cc1cc(O)c(O)cc1O)C(=O)OCCc1ccccc1. The highest BCUT2D eigenvalue weighted by atomic mass is 16.6. The van der Waals surface area contributed by atoms with Crippen molar-refractivity contribution in [3.05, 3.63) is 89.5 Å². The van der Waals surface area contributed by atoms with Gasteiger partial charge < -0.3 is 24.8 Å². The summed E-state index contributed by atoms with van der Waals surface area (Å²) in [5.41, 5.74) is 2.07. The second-order valence-corrected chi connectivity index (χ2v) is 7.53. The van der Waals surface area contributed by atoms with E-state index in [9.17, 15) is 24.9 Å². The molecule has 0 fully saturated rings. The van der Waals surface area contributed by atoms with E-state index in [-0.39, 0.29) is 30.9 Å². The molecule has 33 heavy (non-hydrogen) atoms. The molecule has 7 nitrogen and oxygen atoms in total. The van der Waals surface area contributed by atoms with Crippen molar-refractivity contribution in [2.24, 2.45) is 5.92 Å². The third-order valence-corrected chi connectivity index (χ3v) is 5.12. The van der Waals surface area contributed by atoms with E-state index in [2.05, 4.69) is 0 Å². The van der Waals surface area contributed by atoms with Crippen molar-refractivity contribution in [3.8, 4) is 17.2 Å². The van der Waals surface area contributed by atoms with Gasteiger partial charge in [0.25, 0.3) is 0 Å². The van der Waals surface area contributed by atoms with Crippen LogP contribution in [0.25, 0.3) is 0 Å². The number of hydrogen-bond donors (Lipinski definition) is 3. The van der Waals surface area contributed by atoms with Gasteiger partial charge in [0.2, 0.25) is 0 Å². The van der Waals surface area contributed by atoms with Gasteiger partial charge in [-0.15, -0.1) is 0 Å². The molecule has 0 aliphatic rings. The molecular formula is C26H26O7. The fourth-order valence-electron chi connectivity index (χ4n) is 3.28. The summed E-state index contributed by atoms with van der Waals surface area (Å²) in [6.45, 7) is 0.146. The van der Waals surface area contributed by atoms with Crippen molar-refractivity contribution >= 4 is 11.9 Å². The molecule has 0 aromatic heterocycles. The highest BCUT2D eigenvalue weighted by Crippen LogP contribution is 2.33. The van der Waals surface area contributed by atoms with Crippen LogP contribution in [0.15, 0.2) is 72.8 Å². The van der Waals surface area contributed by atoms with Crippen molar-refractivity contribution < 1.29 is 34.4 Å². The van der Waals surface area contributed by atoms with Gasteiger partial charge in [-0.25, -0.2) is 0 Å². The fraction of sp³-hybridized carbons (Fsp3) is 0.231. The Labute approximate surface area is 191 Å². The van der Waals surface area contributed by atoms with Gasteiger partial charge in [-0.2, -0.15) is 0 Å². The Morgan fingerprint density at radius 1 is 0.667 bits per heavy atom. The summed E-state index contributed by atoms with van der Waals surface area (Å²) in [5.74, 6) is -4.26. The second-order valence-electron chi connectivity index (χ2n) is 7.53. The van der Waals surface area contributed by atoms with E-state index in [1.165, 1.54) is 0 Å². The molecule has 0 heterocycles. The lowest BCUT2D eigenvalue weighted by Gasteiger charge is -2.17. The largest absolute Gasteiger partial charge is 0.508 e. The van der Waals surface area contributed by atoms with Crippen LogP contribution in [0.3, 0.4) is 0 Å². The zero-order chi connectivity index (χ0) is 23.6. The van der Waals surface area contributed by atoms with Crippen LogP contribution in [-0.2, 0) is 38.3 Å². The first-order valence-electron chi connectivity index (χ1n) is 10.6. The van der Waals surface area contributed by atoms with Gasteiger partial charge in [-0.05, 0) is 22.8 Å². The monoisotopic (exact) mass is 450 g/mol. The summed E-state index contributed by atoms with van der Waals surface area (Å²) in [7, 11) is 0. The Morgan fingerprint density at radius 2 is 1.12 bits per heavy atom. The number of hydrogen-bond acceptors (Lipinski definition) is 7. The zero-order valence-corrected chi connectivity index (χ0v) is 18.0. The standard InChI is InChI=1S/C26H26O7/c27-22-17-24(29)23(28)16-20(22)15-21(25(30)32-13-11-18-7-3-1-4-8-18)26(31)33-14-12-19-9-5-2-6-10-19/h1-10,16-17,21,27-29H,11-15H2. The molecule has 3 aromatic carbocycles. The third kappa shape index (κ3) is 7.00. The van der Waals surface area contributed by atoms with Crippen molar-refractivity contribution in [2.45, 2.75) is 19.3 Å². The van der Waals surface area contributed by atoms with Crippen molar-refractivity contribution in [1.82, 2.24) is 0 Å². The van der Waals surface area contributed by atoms with E-state index in [0.29, 0.717) is 12.8 Å². The molecule has 3 aromatic rings. The summed E-state index contributed by atoms with van der Waals surface area (Å²) in [6, 6.07) is 21.0. The van der Waals surface area contributed by atoms with Gasteiger partial charge in [0.05, 0.1) is 13.2 Å². The number of phenols is 3. The molecule has 7 heteroatoms. The molecule has 0 spiro atoms. The number of benzene rings is 3. The number of esters is 2. The van der Waals surface area contributed by atoms with Crippen LogP contribution in [0.4, 0.5) is 0 Å². The zero-order valence-electron chi connectivity index (χ0n) is 18.0. The minimum absolute atomic E-state index is 0.0729. The lowest BCUT2D eigenvalue weighted by molar-refractivity contribution is -0.162. The van der Waals surface area contributed by atoms with E-state index >= 15 is 0 Å². The normalized spacial score (nSPS) is 10.7. The van der Waals surface area contributed by atoms with Crippen molar-refractivity contribution in [3.63, 3.8) is 0 Å². The number of rotatable bonds is 10. The van der Waals surface area contributed by atoms with Gasteiger partial charge in [0, 0.05) is 25.3 Å². The molecule has 0 saturated heterocycles. The lowest BCUT2D eigenvalue weighted by atomic mass is 9.98. The van der Waals surface area contributed by atoms with E-state index in [4.69, 9.17) is 9.47 Å². The maximum atomic E-state index is 12.8. The third-order valence-electron chi connectivity index (χ3n) is 5.12. The van der Waals surface area contributed by atoms with E-state index in [0.717, 1.165) is 23.3 Å². The van der Waals surface area contributed by atoms with Crippen molar-refractivity contribution in [1.29, 1.82) is 0 Å². The molecule has 0 aliphatic carbocycles. The van der Waals surface area contributed by atoms with Crippen LogP contribution in [-0.4, -0.2) is 40.5 Å². The van der Waals surface area contributed by atoms with Gasteiger partial charge in [-0.3, -0.25) is 9.59 Å². The maximum absolute atomic E-state index is 12.8. The minimum atomic E-state index is -1.34. The molecule has 0 amide bonds. The number of ether oxygens (including phenoxy) is 2. The number of aromatic hydroxyl groups is 3. The molecule has 0 saturated carbocycles. The van der Waals surface area contributed by atoms with E-state index in [1.54, 1.807) is 0 Å². The average Bonchev–Trinajstić information content (AvgIpc) is 2.81. The second kappa shape index (κ2) is 11.6. The predicted molar refractivity (Wildman–Crippen MR) is 121 cm³/mol. The van der Waals surface area contributed by atoms with Crippen LogP contribution >= 0.6 is 0 Å². The Bertz CT molecular complexity index is 1010. The smallest absolute Gasteiger partial charge is 0.320 e. The van der Waals surface area contributed by atoms with Crippen LogP contribution in [0.1, 0.15) is 16.7 Å². The van der Waals surface area contributed by atoms with Crippen LogP contribution in [0, 0.1) is 5.92 Å². The summed E-state index contributed by atoms with van der Waals surface area (Å²) in [5, 5.41) is 29.4. The summed E-state index contributed by atoms with van der Waals surface area (Å²) >= 11 is 0. The Balaban J connectivity index is 1.67. The predicted octanol–water partition coefficient (Wildman–Crippen LogP) is 3.53. The van der Waals surface area contributed by atoms with Gasteiger partial charge in [0.15, 0.2) is 17.4 Å². The first kappa shape index (κ1) is 23.7. The van der Waals surface area contributed by atoms with Crippen LogP contribution < -0.4 is 0 Å². The topological polar surface area (TPSA) is 113 Å². The summed E-state index contributed by atoms with van der Waals surface area (Å²) < 4.78 is 10.7. The lowest BCUT2D eigenvalue weighted by Crippen LogP contribution is -2.31. The van der Waals surface area contributed by atoms with Gasteiger partial charge in [-0.1, -0.05) is 60.7 Å². The molecule has 0 radical (unpaired) electrons. The molecule has 0 unspecified atom stereocenters. The van der Waals surface area contributed by atoms with E-state index < -0.39 is 29.4 Å². The fourth-order valence-corrected chi connectivity index (χ4v) is 3.28. The molecule has 0 atom stereocenters. The summed E-state index contributed by atoms with van der Waals surface area (Å²) in [6.07, 6.45) is 0.704. The average molecular weight is 450 g/mol. The van der Waals surface area contributed by atoms with Crippen LogP contribution in [0.5, 0.6) is 17.2 Å². The Hall–Kier alpha value is -4.00. The molecule has 3 rings (SSSR count). The first-order chi connectivity index (χ1) is 15.9. The molecular weight excluding hydrogens is 424 g/mol. The highest BCUT2D eigenvalue weighted by Gasteiger charge is 2.31. The molecule has 172 valence electrons. The number of carbonyl (C=O) groups excluding carboxylic acids is 2. The van der Waals surface area contributed by atoms with Gasteiger partial charge in [0.1, 0.15) is 5.75 Å². The Kier molecular flexibility index (Phi) is 8.30. The molecule has 0 bridgehead atoms. The molecule has 0 aliphatic heterocycles. The summed E-state index contributed by atoms with van der Waals surface area (Å²) in [4.78, 5) is 25.5. The number of carbonyl (C=O) groups is 2. The quantitative estimate of drug-likeness (QED) is 0.187. The van der Waals surface area contributed by atoms with Crippen LogP contribution in [0.2, 0.25) is 0 Å². The maximum Gasteiger partial charge on any atom is 0.320 e. The first-order valence-corrected chi connectivity index (χ1v) is 10.6. The molecule has 3 N–H and O–H groups in total. The van der Waals surface area contributed by atoms with E-state index in [1.807, 2.05) is 60.7 Å². The minimum Gasteiger partial charge on any atom is -0.508 e. The highest BCUT2D eigenvalue weighted by molar-refractivity contribution is 5.95.